The Morgan fingerprint density at radius 1 is 1.00 bits per heavy atom. The summed E-state index contributed by atoms with van der Waals surface area (Å²) in [6, 6.07) is 0. The van der Waals surface area contributed by atoms with E-state index in [-0.39, 0.29) is 0 Å². The highest BCUT2D eigenvalue weighted by molar-refractivity contribution is 6.11. The van der Waals surface area contributed by atoms with E-state index in [0.29, 0.717) is 0 Å². The molecule has 0 saturated heterocycles. The van der Waals surface area contributed by atoms with Crippen molar-refractivity contribution >= 4 is 10.2 Å². The number of hydrogen-bond donors (Lipinski definition) is 0. The van der Waals surface area contributed by atoms with Gasteiger partial charge in [-0.05, 0) is 0 Å². The van der Waals surface area contributed by atoms with Crippen LogP contribution in [0.3, 0.4) is 0 Å². The van der Waals surface area contributed by atoms with Crippen LogP contribution in [0.2, 0.25) is 5.54 Å². The normalized spacial score (nSPS) is 10.8. The average Bonchev–Trinajstić information content (AvgIpc) is 1.97. The quantitative estimate of drug-likeness (QED) is 0.520. The number of unbranched alkanes of at least 4 members (excludes halogenated alkanes) is 2. The first-order chi connectivity index (χ1) is 4.81. The van der Waals surface area contributed by atoms with Crippen LogP contribution >= 0.6 is 0 Å². The molecule has 0 amide bonds. The molecule has 0 spiro atoms. The monoisotopic (exact) mass is 157 g/mol. The molecule has 10 heavy (non-hydrogen) atoms. The highest BCUT2D eigenvalue weighted by atomic mass is 28.1. The van der Waals surface area contributed by atoms with Gasteiger partial charge >= 0.3 is 0 Å². The molecule has 0 aliphatic carbocycles. The highest BCUT2D eigenvalue weighted by Gasteiger charge is 1.98. The van der Waals surface area contributed by atoms with E-state index in [9.17, 15) is 0 Å². The van der Waals surface area contributed by atoms with E-state index in [0.717, 1.165) is 5.54 Å². The van der Waals surface area contributed by atoms with Crippen molar-refractivity contribution in [2.75, 3.05) is 0 Å². The molecule has 0 fully saturated rings. The zero-order valence-electron chi connectivity index (χ0n) is 7.53. The second-order valence-electron chi connectivity index (χ2n) is 3.15. The molecule has 0 aliphatic heterocycles. The summed E-state index contributed by atoms with van der Waals surface area (Å²) in [6.45, 7) is 4.55. The molecule has 0 bridgehead atoms. The van der Waals surface area contributed by atoms with Gasteiger partial charge < -0.3 is 0 Å². The molecule has 0 unspecified atom stereocenters. The minimum Gasteiger partial charge on any atom is -0.0654 e. The Morgan fingerprint density at radius 2 is 1.40 bits per heavy atom. The topological polar surface area (TPSA) is 0 Å². The van der Waals surface area contributed by atoms with Crippen LogP contribution in [-0.2, 0) is 0 Å². The van der Waals surface area contributed by atoms with Crippen molar-refractivity contribution in [1.29, 1.82) is 0 Å². The standard InChI is InChI=1S/C9H21Si/c1-3-5-7-9(10)8-6-4-2/h9H,3-8,10H2,1-2H3. The van der Waals surface area contributed by atoms with Crippen molar-refractivity contribution in [3.05, 3.63) is 0 Å². The summed E-state index contributed by atoms with van der Waals surface area (Å²) in [5.74, 6) is 0. The van der Waals surface area contributed by atoms with Gasteiger partial charge in [0.25, 0.3) is 0 Å². The van der Waals surface area contributed by atoms with Gasteiger partial charge in [-0.3, -0.25) is 0 Å². The predicted molar refractivity (Wildman–Crippen MR) is 51.3 cm³/mol. The van der Waals surface area contributed by atoms with Gasteiger partial charge in [-0.1, -0.05) is 57.9 Å². The zero-order chi connectivity index (χ0) is 7.82. The summed E-state index contributed by atoms with van der Waals surface area (Å²) in [4.78, 5) is 0. The molecule has 0 heterocycles. The Bertz CT molecular complexity index is 53.7. The van der Waals surface area contributed by atoms with E-state index in [1.54, 1.807) is 0 Å². The van der Waals surface area contributed by atoms with Gasteiger partial charge in [-0.2, -0.15) is 0 Å². The fraction of sp³-hybridized carbons (Fsp3) is 1.00. The Kier molecular flexibility index (Phi) is 7.48. The molecule has 0 atom stereocenters. The van der Waals surface area contributed by atoms with E-state index in [1.165, 1.54) is 38.5 Å². The van der Waals surface area contributed by atoms with Crippen molar-refractivity contribution in [2.45, 2.75) is 57.9 Å². The lowest BCUT2D eigenvalue weighted by Gasteiger charge is -2.08. The second-order valence-corrected chi connectivity index (χ2v) is 4.31. The molecular weight excluding hydrogens is 136 g/mol. The summed E-state index contributed by atoms with van der Waals surface area (Å²) in [5.41, 5.74) is 1.000. The maximum absolute atomic E-state index is 2.27. The predicted octanol–water partition coefficient (Wildman–Crippen LogP) is 2.79. The van der Waals surface area contributed by atoms with Crippen molar-refractivity contribution in [1.82, 2.24) is 0 Å². The van der Waals surface area contributed by atoms with Crippen LogP contribution in [0.25, 0.3) is 0 Å². The first kappa shape index (κ1) is 10.2. The van der Waals surface area contributed by atoms with Gasteiger partial charge in [0, 0.05) is 10.2 Å². The van der Waals surface area contributed by atoms with Crippen LogP contribution in [0.4, 0.5) is 0 Å². The Hall–Kier alpha value is 0.217. The second kappa shape index (κ2) is 7.33. The molecule has 0 rings (SSSR count). The molecule has 0 saturated carbocycles. The molecule has 0 N–H and O–H groups in total. The maximum atomic E-state index is 2.27. The minimum atomic E-state index is 1.000. The molecular formula is C9H21Si. The molecule has 1 radical (unpaired) electrons. The van der Waals surface area contributed by atoms with Crippen LogP contribution < -0.4 is 0 Å². The summed E-state index contributed by atoms with van der Waals surface area (Å²) in [6.07, 6.45) is 8.49. The van der Waals surface area contributed by atoms with Crippen LogP contribution in [0.1, 0.15) is 52.4 Å². The van der Waals surface area contributed by atoms with Gasteiger partial charge in [0.2, 0.25) is 0 Å². The van der Waals surface area contributed by atoms with Crippen LogP contribution in [-0.4, -0.2) is 10.2 Å². The Labute approximate surface area is 68.8 Å². The van der Waals surface area contributed by atoms with Crippen molar-refractivity contribution in [3.8, 4) is 0 Å². The largest absolute Gasteiger partial charge is 0.0654 e. The van der Waals surface area contributed by atoms with Crippen molar-refractivity contribution in [2.24, 2.45) is 0 Å². The van der Waals surface area contributed by atoms with Crippen LogP contribution in [0, 0.1) is 0 Å². The average molecular weight is 157 g/mol. The Balaban J connectivity index is 3.00. The van der Waals surface area contributed by atoms with Gasteiger partial charge in [0.1, 0.15) is 0 Å². The van der Waals surface area contributed by atoms with E-state index in [4.69, 9.17) is 0 Å². The Morgan fingerprint density at radius 3 is 1.70 bits per heavy atom. The molecule has 0 aliphatic rings. The lowest BCUT2D eigenvalue weighted by molar-refractivity contribution is 0.601. The maximum Gasteiger partial charge on any atom is 0.0121 e. The van der Waals surface area contributed by atoms with Crippen LogP contribution in [0.5, 0.6) is 0 Å². The third kappa shape index (κ3) is 6.34. The third-order valence-corrected chi connectivity index (χ3v) is 2.75. The lowest BCUT2D eigenvalue weighted by Crippen LogP contribution is -1.91. The van der Waals surface area contributed by atoms with Gasteiger partial charge in [0.15, 0.2) is 0 Å². The number of rotatable bonds is 6. The summed E-state index contributed by atoms with van der Waals surface area (Å²) < 4.78 is 0. The van der Waals surface area contributed by atoms with Gasteiger partial charge in [-0.25, -0.2) is 0 Å². The van der Waals surface area contributed by atoms with Gasteiger partial charge in [0.05, 0.1) is 0 Å². The van der Waals surface area contributed by atoms with Crippen molar-refractivity contribution in [3.63, 3.8) is 0 Å². The zero-order valence-corrected chi connectivity index (χ0v) is 8.94. The summed E-state index contributed by atoms with van der Waals surface area (Å²) in [7, 11) is 2.19. The number of hydrogen-bond acceptors (Lipinski definition) is 0. The van der Waals surface area contributed by atoms with Crippen LogP contribution in [0.15, 0.2) is 0 Å². The summed E-state index contributed by atoms with van der Waals surface area (Å²) >= 11 is 0. The van der Waals surface area contributed by atoms with E-state index >= 15 is 0 Å². The fourth-order valence-electron chi connectivity index (χ4n) is 1.13. The fourth-order valence-corrected chi connectivity index (χ4v) is 1.71. The first-order valence-electron chi connectivity index (χ1n) is 4.64. The molecule has 0 nitrogen and oxygen atoms in total. The molecule has 61 valence electrons. The molecule has 0 aromatic rings. The summed E-state index contributed by atoms with van der Waals surface area (Å²) in [5, 5.41) is 0. The third-order valence-electron chi connectivity index (χ3n) is 1.93. The van der Waals surface area contributed by atoms with E-state index in [2.05, 4.69) is 24.1 Å². The smallest absolute Gasteiger partial charge is 0.0121 e. The molecule has 0 aromatic heterocycles. The minimum absolute atomic E-state index is 1.000. The lowest BCUT2D eigenvalue weighted by atomic mass is 10.1. The van der Waals surface area contributed by atoms with Crippen molar-refractivity contribution < 1.29 is 0 Å². The highest BCUT2D eigenvalue weighted by Crippen LogP contribution is 2.17. The van der Waals surface area contributed by atoms with E-state index < -0.39 is 0 Å². The van der Waals surface area contributed by atoms with Gasteiger partial charge in [-0.15, -0.1) is 0 Å². The molecule has 0 aromatic carbocycles. The SMILES string of the molecule is CCCCC([SiH2])CCCC. The first-order valence-corrected chi connectivity index (χ1v) is 5.46. The molecule has 1 heteroatoms. The van der Waals surface area contributed by atoms with E-state index in [1.807, 2.05) is 0 Å².